The SMILES string of the molecule is C[C@H](Sc1nncn1C)c1cccc(NC(=O)c2cncc(C(F)(F)F)n2)c1. The molecule has 2 heterocycles. The zero-order valence-electron chi connectivity index (χ0n) is 14.8. The van der Waals surface area contributed by atoms with Gasteiger partial charge in [-0.3, -0.25) is 9.78 Å². The molecule has 0 saturated heterocycles. The summed E-state index contributed by atoms with van der Waals surface area (Å²) in [5.41, 5.74) is -0.294. The van der Waals surface area contributed by atoms with E-state index in [0.29, 0.717) is 11.9 Å². The summed E-state index contributed by atoms with van der Waals surface area (Å²) < 4.78 is 40.0. The summed E-state index contributed by atoms with van der Waals surface area (Å²) >= 11 is 1.49. The van der Waals surface area contributed by atoms with Crippen molar-refractivity contribution in [2.75, 3.05) is 5.32 Å². The molecule has 0 aliphatic rings. The Morgan fingerprint density at radius 1 is 1.29 bits per heavy atom. The number of hydrogen-bond donors (Lipinski definition) is 1. The van der Waals surface area contributed by atoms with Crippen LogP contribution in [-0.2, 0) is 13.2 Å². The molecule has 0 fully saturated rings. The van der Waals surface area contributed by atoms with Gasteiger partial charge in [0, 0.05) is 18.0 Å². The summed E-state index contributed by atoms with van der Waals surface area (Å²) in [6.07, 6.45) is -1.51. The molecule has 0 aliphatic carbocycles. The van der Waals surface area contributed by atoms with Crippen LogP contribution in [0.4, 0.5) is 18.9 Å². The van der Waals surface area contributed by atoms with Gasteiger partial charge >= 0.3 is 6.18 Å². The standard InChI is InChI=1S/C17H15F3N6OS/c1-10(28-16-25-22-9-26(16)2)11-4-3-5-12(6-11)23-15(27)13-7-21-8-14(24-13)17(18,19)20/h3-10H,1-2H3,(H,23,27)/t10-/m0/s1. The number of aryl methyl sites for hydroxylation is 1. The normalized spacial score (nSPS) is 12.6. The zero-order valence-corrected chi connectivity index (χ0v) is 15.6. The highest BCUT2D eigenvalue weighted by Gasteiger charge is 2.33. The first-order chi connectivity index (χ1) is 13.2. The van der Waals surface area contributed by atoms with Crippen LogP contribution in [0, 0.1) is 0 Å². The molecule has 1 aromatic carbocycles. The molecule has 1 atom stereocenters. The highest BCUT2D eigenvalue weighted by Crippen LogP contribution is 2.34. The molecule has 0 saturated carbocycles. The Kier molecular flexibility index (Phi) is 5.63. The minimum absolute atomic E-state index is 0.00750. The van der Waals surface area contributed by atoms with Crippen LogP contribution < -0.4 is 5.32 Å². The highest BCUT2D eigenvalue weighted by molar-refractivity contribution is 7.99. The van der Waals surface area contributed by atoms with E-state index in [-0.39, 0.29) is 5.25 Å². The number of thioether (sulfide) groups is 1. The number of nitrogens with zero attached hydrogens (tertiary/aromatic N) is 5. The Labute approximate surface area is 162 Å². The van der Waals surface area contributed by atoms with Crippen molar-refractivity contribution in [3.63, 3.8) is 0 Å². The number of anilines is 1. The maximum absolute atomic E-state index is 12.7. The molecule has 11 heteroatoms. The third-order valence-electron chi connectivity index (χ3n) is 3.72. The van der Waals surface area contributed by atoms with Gasteiger partial charge in [0.25, 0.3) is 5.91 Å². The van der Waals surface area contributed by atoms with Gasteiger partial charge in [-0.25, -0.2) is 4.98 Å². The van der Waals surface area contributed by atoms with Crippen molar-refractivity contribution < 1.29 is 18.0 Å². The number of rotatable bonds is 5. The summed E-state index contributed by atoms with van der Waals surface area (Å²) in [4.78, 5) is 19.1. The zero-order chi connectivity index (χ0) is 20.3. The van der Waals surface area contributed by atoms with Crippen molar-refractivity contribution in [1.29, 1.82) is 0 Å². The second-order valence-corrected chi connectivity index (χ2v) is 7.16. The molecule has 0 bridgehead atoms. The smallest absolute Gasteiger partial charge is 0.321 e. The van der Waals surface area contributed by atoms with Crippen LogP contribution in [-0.4, -0.2) is 30.6 Å². The van der Waals surface area contributed by atoms with E-state index in [2.05, 4.69) is 25.5 Å². The number of carbonyl (C=O) groups excluding carboxylic acids is 1. The lowest BCUT2D eigenvalue weighted by atomic mass is 10.1. The van der Waals surface area contributed by atoms with E-state index < -0.39 is 23.5 Å². The van der Waals surface area contributed by atoms with Gasteiger partial charge in [-0.1, -0.05) is 23.9 Å². The first-order valence-electron chi connectivity index (χ1n) is 8.05. The van der Waals surface area contributed by atoms with Gasteiger partial charge in [0.05, 0.1) is 12.4 Å². The molecular weight excluding hydrogens is 393 g/mol. The first-order valence-corrected chi connectivity index (χ1v) is 8.93. The van der Waals surface area contributed by atoms with Crippen molar-refractivity contribution >= 4 is 23.4 Å². The van der Waals surface area contributed by atoms with Crippen LogP contribution in [0.2, 0.25) is 0 Å². The molecule has 0 spiro atoms. The van der Waals surface area contributed by atoms with Crippen LogP contribution in [0.15, 0.2) is 48.1 Å². The fourth-order valence-electron chi connectivity index (χ4n) is 2.28. The Morgan fingerprint density at radius 3 is 2.75 bits per heavy atom. The van der Waals surface area contributed by atoms with Crippen molar-refractivity contribution in [1.82, 2.24) is 24.7 Å². The second-order valence-electron chi connectivity index (χ2n) is 5.85. The summed E-state index contributed by atoms with van der Waals surface area (Å²) in [6, 6.07) is 7.01. The largest absolute Gasteiger partial charge is 0.434 e. The van der Waals surface area contributed by atoms with Crippen LogP contribution in [0.5, 0.6) is 0 Å². The molecule has 1 amide bonds. The highest BCUT2D eigenvalue weighted by atomic mass is 32.2. The summed E-state index contributed by atoms with van der Waals surface area (Å²) in [5.74, 6) is -0.774. The fourth-order valence-corrected chi connectivity index (χ4v) is 3.19. The molecule has 1 N–H and O–H groups in total. The Balaban J connectivity index is 1.74. The molecule has 7 nitrogen and oxygen atoms in total. The number of halogens is 3. The molecule has 3 aromatic rings. The number of aromatic nitrogens is 5. The maximum atomic E-state index is 12.7. The molecule has 0 radical (unpaired) electrons. The van der Waals surface area contributed by atoms with Gasteiger partial charge in [-0.15, -0.1) is 10.2 Å². The van der Waals surface area contributed by atoms with E-state index in [4.69, 9.17) is 0 Å². The lowest BCUT2D eigenvalue weighted by molar-refractivity contribution is -0.141. The molecule has 146 valence electrons. The average molecular weight is 408 g/mol. The van der Waals surface area contributed by atoms with Crippen LogP contribution in [0.3, 0.4) is 0 Å². The molecule has 0 unspecified atom stereocenters. The lowest BCUT2D eigenvalue weighted by Crippen LogP contribution is -2.17. The summed E-state index contributed by atoms with van der Waals surface area (Å²) in [5, 5.41) is 11.1. The monoisotopic (exact) mass is 408 g/mol. The average Bonchev–Trinajstić information content (AvgIpc) is 3.06. The van der Waals surface area contributed by atoms with Crippen LogP contribution >= 0.6 is 11.8 Å². The third kappa shape index (κ3) is 4.66. The predicted molar refractivity (Wildman–Crippen MR) is 96.7 cm³/mol. The molecule has 28 heavy (non-hydrogen) atoms. The number of amides is 1. The number of carbonyl (C=O) groups is 1. The minimum Gasteiger partial charge on any atom is -0.321 e. The van der Waals surface area contributed by atoms with E-state index >= 15 is 0 Å². The summed E-state index contributed by atoms with van der Waals surface area (Å²) in [7, 11) is 1.84. The van der Waals surface area contributed by atoms with Crippen molar-refractivity contribution in [3.05, 3.63) is 59.9 Å². The van der Waals surface area contributed by atoms with Crippen LogP contribution in [0.1, 0.15) is 33.9 Å². The molecular formula is C17H15F3N6OS. The van der Waals surface area contributed by atoms with Gasteiger partial charge in [0.2, 0.25) is 0 Å². The molecule has 0 aliphatic heterocycles. The molecule has 2 aromatic heterocycles. The Morgan fingerprint density at radius 2 is 2.07 bits per heavy atom. The van der Waals surface area contributed by atoms with E-state index in [1.54, 1.807) is 29.1 Å². The van der Waals surface area contributed by atoms with E-state index in [1.807, 2.05) is 20.0 Å². The second kappa shape index (κ2) is 7.97. The fraction of sp³-hybridized carbons (Fsp3) is 0.235. The Bertz CT molecular complexity index is 991. The number of benzene rings is 1. The third-order valence-corrected chi connectivity index (χ3v) is 4.93. The number of nitrogens with one attached hydrogen (secondary N) is 1. The van der Waals surface area contributed by atoms with Gasteiger partial charge < -0.3 is 9.88 Å². The van der Waals surface area contributed by atoms with Crippen LogP contribution in [0.25, 0.3) is 0 Å². The Hall–Kier alpha value is -2.95. The van der Waals surface area contributed by atoms with E-state index in [0.717, 1.165) is 16.9 Å². The summed E-state index contributed by atoms with van der Waals surface area (Å²) in [6.45, 7) is 1.97. The number of hydrogen-bond acceptors (Lipinski definition) is 6. The number of alkyl halides is 3. The topological polar surface area (TPSA) is 85.6 Å². The van der Waals surface area contributed by atoms with Gasteiger partial charge in [0.1, 0.15) is 12.0 Å². The first kappa shape index (κ1) is 19.8. The van der Waals surface area contributed by atoms with Gasteiger partial charge in [0.15, 0.2) is 10.9 Å². The van der Waals surface area contributed by atoms with Gasteiger partial charge in [-0.05, 0) is 24.6 Å². The predicted octanol–water partition coefficient (Wildman–Crippen LogP) is 3.73. The lowest BCUT2D eigenvalue weighted by Gasteiger charge is -2.13. The van der Waals surface area contributed by atoms with Crippen molar-refractivity contribution in [3.8, 4) is 0 Å². The van der Waals surface area contributed by atoms with Crippen molar-refractivity contribution in [2.24, 2.45) is 7.05 Å². The van der Waals surface area contributed by atoms with Gasteiger partial charge in [-0.2, -0.15) is 13.2 Å². The molecule has 3 rings (SSSR count). The minimum atomic E-state index is -4.67. The maximum Gasteiger partial charge on any atom is 0.434 e. The van der Waals surface area contributed by atoms with E-state index in [9.17, 15) is 18.0 Å². The van der Waals surface area contributed by atoms with Crippen molar-refractivity contribution in [2.45, 2.75) is 23.5 Å². The van der Waals surface area contributed by atoms with E-state index in [1.165, 1.54) is 11.8 Å². The quantitative estimate of drug-likeness (QED) is 0.648.